The van der Waals surface area contributed by atoms with Crippen LogP contribution in [0, 0.1) is 0 Å². The van der Waals surface area contributed by atoms with Crippen molar-refractivity contribution in [2.75, 3.05) is 52.9 Å². The standard InChI is InChI=1S/C29H40N4O3/c1-5-30-13-15-31(16-14-30)21-25-7-6-8-27(17-25)28(34)33-22(2)18-32(19-23(33)3)20-24-9-11-26(12-10-24)29(35)36-4/h6-12,17,22-23H,5,13-16,18-21H2,1-4H3/t22-,23+. The maximum absolute atomic E-state index is 13.6. The van der Waals surface area contributed by atoms with Crippen molar-refractivity contribution < 1.29 is 14.3 Å². The van der Waals surface area contributed by atoms with E-state index in [1.54, 1.807) is 0 Å². The molecular weight excluding hydrogens is 452 g/mol. The lowest BCUT2D eigenvalue weighted by molar-refractivity contribution is 0.0268. The molecule has 194 valence electrons. The lowest BCUT2D eigenvalue weighted by Gasteiger charge is -2.44. The molecule has 0 aliphatic carbocycles. The summed E-state index contributed by atoms with van der Waals surface area (Å²) in [7, 11) is 1.39. The molecule has 2 saturated heterocycles. The average Bonchev–Trinajstić information content (AvgIpc) is 2.89. The number of nitrogens with zero attached hydrogens (tertiary/aromatic N) is 4. The van der Waals surface area contributed by atoms with E-state index in [0.717, 1.165) is 70.0 Å². The number of hydrogen-bond acceptors (Lipinski definition) is 6. The number of carbonyl (C=O) groups is 2. The van der Waals surface area contributed by atoms with Crippen LogP contribution >= 0.6 is 0 Å². The fourth-order valence-electron chi connectivity index (χ4n) is 5.56. The van der Waals surface area contributed by atoms with Gasteiger partial charge in [-0.25, -0.2) is 4.79 Å². The van der Waals surface area contributed by atoms with Crippen molar-refractivity contribution in [3.05, 3.63) is 70.8 Å². The zero-order valence-electron chi connectivity index (χ0n) is 22.2. The Labute approximate surface area is 215 Å². The van der Waals surface area contributed by atoms with Crippen LogP contribution in [0.2, 0.25) is 0 Å². The summed E-state index contributed by atoms with van der Waals surface area (Å²) in [5.74, 6) is -0.200. The third kappa shape index (κ3) is 6.33. The first-order valence-corrected chi connectivity index (χ1v) is 13.1. The molecule has 2 aromatic rings. The molecule has 2 aliphatic heterocycles. The maximum Gasteiger partial charge on any atom is 0.337 e. The molecule has 1 amide bonds. The molecule has 2 aliphatic rings. The molecule has 2 heterocycles. The Morgan fingerprint density at radius 3 is 2.03 bits per heavy atom. The normalized spacial score (nSPS) is 21.9. The van der Waals surface area contributed by atoms with Crippen molar-refractivity contribution in [2.45, 2.75) is 45.9 Å². The number of likely N-dealkylation sites (N-methyl/N-ethyl adjacent to an activating group) is 1. The number of carbonyl (C=O) groups excluding carboxylic acids is 2. The van der Waals surface area contributed by atoms with Crippen molar-refractivity contribution in [1.29, 1.82) is 0 Å². The third-order valence-corrected chi connectivity index (χ3v) is 7.50. The van der Waals surface area contributed by atoms with Gasteiger partial charge in [0.05, 0.1) is 12.7 Å². The van der Waals surface area contributed by atoms with Crippen LogP contribution in [0.4, 0.5) is 0 Å². The van der Waals surface area contributed by atoms with Crippen molar-refractivity contribution in [2.24, 2.45) is 0 Å². The number of benzene rings is 2. The summed E-state index contributed by atoms with van der Waals surface area (Å²) >= 11 is 0. The summed E-state index contributed by atoms with van der Waals surface area (Å²) in [5, 5.41) is 0. The van der Waals surface area contributed by atoms with Gasteiger partial charge in [0.1, 0.15) is 0 Å². The molecule has 7 heteroatoms. The average molecular weight is 493 g/mol. The Kier molecular flexibility index (Phi) is 8.77. The van der Waals surface area contributed by atoms with E-state index >= 15 is 0 Å². The second-order valence-corrected chi connectivity index (χ2v) is 10.2. The molecule has 0 unspecified atom stereocenters. The first-order valence-electron chi connectivity index (χ1n) is 13.1. The van der Waals surface area contributed by atoms with E-state index in [9.17, 15) is 9.59 Å². The highest BCUT2D eigenvalue weighted by molar-refractivity contribution is 5.95. The Balaban J connectivity index is 1.35. The van der Waals surface area contributed by atoms with Crippen LogP contribution in [0.5, 0.6) is 0 Å². The number of esters is 1. The van der Waals surface area contributed by atoms with Gasteiger partial charge >= 0.3 is 5.97 Å². The number of rotatable bonds is 7. The summed E-state index contributed by atoms with van der Waals surface area (Å²) in [5.41, 5.74) is 3.70. The third-order valence-electron chi connectivity index (χ3n) is 7.50. The molecule has 0 N–H and O–H groups in total. The molecule has 2 atom stereocenters. The summed E-state index contributed by atoms with van der Waals surface area (Å²) in [6, 6.07) is 16.0. The van der Waals surface area contributed by atoms with Gasteiger partial charge in [-0.2, -0.15) is 0 Å². The van der Waals surface area contributed by atoms with E-state index in [2.05, 4.69) is 52.5 Å². The topological polar surface area (TPSA) is 56.3 Å². The van der Waals surface area contributed by atoms with Gasteiger partial charge in [-0.05, 0) is 55.8 Å². The van der Waals surface area contributed by atoms with Crippen molar-refractivity contribution in [3.8, 4) is 0 Å². The van der Waals surface area contributed by atoms with Crippen LogP contribution in [-0.2, 0) is 17.8 Å². The van der Waals surface area contributed by atoms with Gasteiger partial charge in [0.15, 0.2) is 0 Å². The minimum absolute atomic E-state index is 0.112. The molecule has 2 fully saturated rings. The van der Waals surface area contributed by atoms with Crippen LogP contribution in [0.3, 0.4) is 0 Å². The molecular formula is C29H40N4O3. The highest BCUT2D eigenvalue weighted by Crippen LogP contribution is 2.22. The minimum atomic E-state index is -0.320. The summed E-state index contributed by atoms with van der Waals surface area (Å²) in [4.78, 5) is 34.7. The molecule has 36 heavy (non-hydrogen) atoms. The fourth-order valence-corrected chi connectivity index (χ4v) is 5.56. The summed E-state index contributed by atoms with van der Waals surface area (Å²) in [6.07, 6.45) is 0. The number of amides is 1. The van der Waals surface area contributed by atoms with E-state index in [1.165, 1.54) is 12.7 Å². The van der Waals surface area contributed by atoms with Gasteiger partial charge < -0.3 is 14.5 Å². The van der Waals surface area contributed by atoms with Crippen molar-refractivity contribution >= 4 is 11.9 Å². The smallest absolute Gasteiger partial charge is 0.337 e. The molecule has 2 aromatic carbocycles. The monoisotopic (exact) mass is 492 g/mol. The van der Waals surface area contributed by atoms with E-state index in [1.807, 2.05) is 36.4 Å². The number of ether oxygens (including phenoxy) is 1. The summed E-state index contributed by atoms with van der Waals surface area (Å²) in [6.45, 7) is 15.3. The van der Waals surface area contributed by atoms with E-state index in [-0.39, 0.29) is 24.0 Å². The van der Waals surface area contributed by atoms with Gasteiger partial charge in [0.2, 0.25) is 0 Å². The van der Waals surface area contributed by atoms with Crippen LogP contribution < -0.4 is 0 Å². The van der Waals surface area contributed by atoms with Crippen LogP contribution in [-0.4, -0.2) is 96.5 Å². The minimum Gasteiger partial charge on any atom is -0.465 e. The van der Waals surface area contributed by atoms with Crippen LogP contribution in [0.15, 0.2) is 48.5 Å². The Bertz CT molecular complexity index is 1020. The lowest BCUT2D eigenvalue weighted by Crippen LogP contribution is -2.58. The first-order chi connectivity index (χ1) is 17.4. The molecule has 0 bridgehead atoms. The van der Waals surface area contributed by atoms with Gasteiger partial charge in [0, 0.05) is 70.0 Å². The Hall–Kier alpha value is -2.74. The fraction of sp³-hybridized carbons (Fsp3) is 0.517. The Morgan fingerprint density at radius 2 is 1.42 bits per heavy atom. The van der Waals surface area contributed by atoms with Crippen LogP contribution in [0.25, 0.3) is 0 Å². The number of piperazine rings is 2. The van der Waals surface area contributed by atoms with Crippen molar-refractivity contribution in [1.82, 2.24) is 19.6 Å². The molecule has 4 rings (SSSR count). The van der Waals surface area contributed by atoms with Gasteiger partial charge in [-0.1, -0.05) is 31.2 Å². The molecule has 0 spiro atoms. The SMILES string of the molecule is CCN1CCN(Cc2cccc(C(=O)N3[C@H](C)CN(Cc4ccc(C(=O)OC)cc4)C[C@@H]3C)c2)CC1. The van der Waals surface area contributed by atoms with E-state index < -0.39 is 0 Å². The van der Waals surface area contributed by atoms with Gasteiger partial charge in [0.25, 0.3) is 5.91 Å². The highest BCUT2D eigenvalue weighted by atomic mass is 16.5. The Morgan fingerprint density at radius 1 is 0.806 bits per heavy atom. The molecule has 0 saturated carbocycles. The maximum atomic E-state index is 13.6. The highest BCUT2D eigenvalue weighted by Gasteiger charge is 2.33. The number of methoxy groups -OCH3 is 1. The molecule has 0 radical (unpaired) electrons. The largest absolute Gasteiger partial charge is 0.465 e. The zero-order valence-corrected chi connectivity index (χ0v) is 22.2. The van der Waals surface area contributed by atoms with Crippen molar-refractivity contribution in [3.63, 3.8) is 0 Å². The second-order valence-electron chi connectivity index (χ2n) is 10.2. The quantitative estimate of drug-likeness (QED) is 0.553. The molecule has 7 nitrogen and oxygen atoms in total. The number of hydrogen-bond donors (Lipinski definition) is 0. The summed E-state index contributed by atoms with van der Waals surface area (Å²) < 4.78 is 4.79. The van der Waals surface area contributed by atoms with E-state index in [4.69, 9.17) is 4.74 Å². The van der Waals surface area contributed by atoms with Gasteiger partial charge in [-0.15, -0.1) is 0 Å². The second kappa shape index (κ2) is 12.0. The van der Waals surface area contributed by atoms with Gasteiger partial charge in [-0.3, -0.25) is 14.6 Å². The first kappa shape index (κ1) is 26.3. The molecule has 0 aromatic heterocycles. The zero-order chi connectivity index (χ0) is 25.7. The predicted molar refractivity (Wildman–Crippen MR) is 142 cm³/mol. The van der Waals surface area contributed by atoms with Crippen LogP contribution in [0.1, 0.15) is 52.6 Å². The van der Waals surface area contributed by atoms with E-state index in [0.29, 0.717) is 5.56 Å². The lowest BCUT2D eigenvalue weighted by atomic mass is 10.0. The predicted octanol–water partition coefficient (Wildman–Crippen LogP) is 3.35.